The lowest BCUT2D eigenvalue weighted by Crippen LogP contribution is -2.33. The molecule has 2 atom stereocenters. The minimum Gasteiger partial charge on any atom is -0.354 e. The second-order valence-electron chi connectivity index (χ2n) is 7.84. The summed E-state index contributed by atoms with van der Waals surface area (Å²) in [7, 11) is 0. The number of urea groups is 1. The number of amides is 2. The third kappa shape index (κ3) is 3.46. The Morgan fingerprint density at radius 1 is 1.30 bits per heavy atom. The highest BCUT2D eigenvalue weighted by atomic mass is 35.5. The van der Waals surface area contributed by atoms with Gasteiger partial charge in [0.2, 0.25) is 5.95 Å². The van der Waals surface area contributed by atoms with Crippen LogP contribution in [0.15, 0.2) is 30.5 Å². The predicted octanol–water partition coefficient (Wildman–Crippen LogP) is 3.76. The maximum Gasteiger partial charge on any atom is 0.321 e. The lowest BCUT2D eigenvalue weighted by atomic mass is 9.99. The summed E-state index contributed by atoms with van der Waals surface area (Å²) in [4.78, 5) is 23.8. The quantitative estimate of drug-likeness (QED) is 0.843. The Balaban J connectivity index is 1.26. The van der Waals surface area contributed by atoms with Crippen LogP contribution in [0.3, 0.4) is 0 Å². The summed E-state index contributed by atoms with van der Waals surface area (Å²) in [5.74, 6) is 2.24. The normalized spacial score (nSPS) is 23.1. The van der Waals surface area contributed by atoms with Crippen LogP contribution in [0.4, 0.5) is 16.4 Å². The Morgan fingerprint density at radius 2 is 2.19 bits per heavy atom. The van der Waals surface area contributed by atoms with E-state index in [9.17, 15) is 4.79 Å². The van der Waals surface area contributed by atoms with Gasteiger partial charge >= 0.3 is 6.03 Å². The standard InChI is InChI=1S/C20H22ClN5O/c21-15-2-1-3-16(7-15)24-20(27)26-10-14-6-13-9-23-19(22-8-12-4-5-12)25-18(13)17(14)11-26/h1-3,7,9,12,14,17H,4-6,8,10-11H2,(H,24,27)(H,22,23,25)/t14-,17-/m0/s1. The van der Waals surface area contributed by atoms with Gasteiger partial charge in [0.15, 0.2) is 0 Å². The van der Waals surface area contributed by atoms with Gasteiger partial charge in [0.25, 0.3) is 0 Å². The first-order valence-corrected chi connectivity index (χ1v) is 9.94. The molecule has 140 valence electrons. The highest BCUT2D eigenvalue weighted by molar-refractivity contribution is 6.30. The monoisotopic (exact) mass is 383 g/mol. The molecule has 6 nitrogen and oxygen atoms in total. The maximum atomic E-state index is 12.6. The van der Waals surface area contributed by atoms with Crippen LogP contribution < -0.4 is 10.6 Å². The lowest BCUT2D eigenvalue weighted by Gasteiger charge is -2.18. The fraction of sp³-hybridized carbons (Fsp3) is 0.450. The van der Waals surface area contributed by atoms with E-state index in [1.165, 1.54) is 18.4 Å². The summed E-state index contributed by atoms with van der Waals surface area (Å²) in [6.45, 7) is 2.41. The molecule has 1 aromatic carbocycles. The molecule has 5 rings (SSSR count). The van der Waals surface area contributed by atoms with E-state index in [1.54, 1.807) is 12.1 Å². The molecule has 27 heavy (non-hydrogen) atoms. The Morgan fingerprint density at radius 3 is 3.00 bits per heavy atom. The smallest absolute Gasteiger partial charge is 0.321 e. The lowest BCUT2D eigenvalue weighted by molar-refractivity contribution is 0.220. The number of hydrogen-bond donors (Lipinski definition) is 2. The number of rotatable bonds is 4. The summed E-state index contributed by atoms with van der Waals surface area (Å²) in [6, 6.07) is 7.16. The van der Waals surface area contributed by atoms with Gasteiger partial charge in [-0.05, 0) is 54.9 Å². The zero-order valence-corrected chi connectivity index (χ0v) is 15.7. The summed E-state index contributed by atoms with van der Waals surface area (Å²) < 4.78 is 0. The van der Waals surface area contributed by atoms with Crippen LogP contribution in [0.1, 0.15) is 30.0 Å². The van der Waals surface area contributed by atoms with Gasteiger partial charge in [-0.15, -0.1) is 0 Å². The van der Waals surface area contributed by atoms with Crippen molar-refractivity contribution < 1.29 is 4.79 Å². The number of nitrogens with zero attached hydrogens (tertiary/aromatic N) is 3. The van der Waals surface area contributed by atoms with E-state index < -0.39 is 0 Å². The summed E-state index contributed by atoms with van der Waals surface area (Å²) in [5, 5.41) is 6.92. The van der Waals surface area contributed by atoms with Crippen molar-refractivity contribution in [2.75, 3.05) is 30.3 Å². The van der Waals surface area contributed by atoms with Crippen LogP contribution in [0.2, 0.25) is 5.02 Å². The fourth-order valence-electron chi connectivity index (χ4n) is 4.15. The average Bonchev–Trinajstić information content (AvgIpc) is 3.29. The molecule has 0 spiro atoms. The molecule has 0 radical (unpaired) electrons. The molecule has 1 saturated carbocycles. The van der Waals surface area contributed by atoms with Crippen molar-refractivity contribution >= 4 is 29.3 Å². The zero-order chi connectivity index (χ0) is 18.4. The van der Waals surface area contributed by atoms with Crippen LogP contribution in [-0.2, 0) is 6.42 Å². The minimum absolute atomic E-state index is 0.0747. The van der Waals surface area contributed by atoms with Gasteiger partial charge in [0.05, 0.1) is 5.69 Å². The highest BCUT2D eigenvalue weighted by Gasteiger charge is 2.43. The van der Waals surface area contributed by atoms with Crippen molar-refractivity contribution in [3.63, 3.8) is 0 Å². The molecule has 2 fully saturated rings. The summed E-state index contributed by atoms with van der Waals surface area (Å²) >= 11 is 6.00. The van der Waals surface area contributed by atoms with E-state index in [0.717, 1.165) is 42.8 Å². The van der Waals surface area contributed by atoms with Gasteiger partial charge in [-0.3, -0.25) is 0 Å². The first-order valence-electron chi connectivity index (χ1n) is 9.57. The van der Waals surface area contributed by atoms with Gasteiger partial charge in [-0.2, -0.15) is 0 Å². The van der Waals surface area contributed by atoms with Crippen molar-refractivity contribution in [2.24, 2.45) is 11.8 Å². The number of anilines is 2. The molecule has 2 aromatic rings. The molecule has 2 N–H and O–H groups in total. The van der Waals surface area contributed by atoms with E-state index >= 15 is 0 Å². The number of benzene rings is 1. The third-order valence-corrected chi connectivity index (χ3v) is 6.02. The number of nitrogens with one attached hydrogen (secondary N) is 2. The molecule has 2 aliphatic carbocycles. The number of likely N-dealkylation sites (tertiary alicyclic amines) is 1. The van der Waals surface area contributed by atoms with Crippen LogP contribution in [0, 0.1) is 11.8 Å². The minimum atomic E-state index is -0.0747. The number of carbonyl (C=O) groups excluding carboxylic acids is 1. The van der Waals surface area contributed by atoms with Crippen molar-refractivity contribution in [1.82, 2.24) is 14.9 Å². The first kappa shape index (κ1) is 16.8. The molecule has 3 aliphatic rings. The molecule has 2 heterocycles. The molecular weight excluding hydrogens is 362 g/mol. The average molecular weight is 384 g/mol. The van der Waals surface area contributed by atoms with E-state index in [2.05, 4.69) is 15.6 Å². The Bertz CT molecular complexity index is 884. The topological polar surface area (TPSA) is 70.2 Å². The second kappa shape index (κ2) is 6.68. The number of halogens is 1. The van der Waals surface area contributed by atoms with Crippen molar-refractivity contribution in [3.8, 4) is 0 Å². The van der Waals surface area contributed by atoms with Crippen LogP contribution in [0.5, 0.6) is 0 Å². The largest absolute Gasteiger partial charge is 0.354 e. The maximum absolute atomic E-state index is 12.6. The van der Waals surface area contributed by atoms with Gasteiger partial charge in [0, 0.05) is 42.5 Å². The Hall–Kier alpha value is -2.34. The number of aromatic nitrogens is 2. The third-order valence-electron chi connectivity index (χ3n) is 5.78. The highest BCUT2D eigenvalue weighted by Crippen LogP contribution is 2.42. The van der Waals surface area contributed by atoms with Gasteiger partial charge < -0.3 is 15.5 Å². The SMILES string of the molecule is O=C(Nc1cccc(Cl)c1)N1C[C@@H]2Cc3cnc(NCC4CC4)nc3[C@H]2C1. The number of hydrogen-bond acceptors (Lipinski definition) is 4. The first-order chi connectivity index (χ1) is 13.2. The van der Waals surface area contributed by atoms with Crippen LogP contribution in [0.25, 0.3) is 0 Å². The zero-order valence-electron chi connectivity index (χ0n) is 15.0. The van der Waals surface area contributed by atoms with E-state index in [-0.39, 0.29) is 6.03 Å². The van der Waals surface area contributed by atoms with Crippen LogP contribution in [-0.4, -0.2) is 40.5 Å². The van der Waals surface area contributed by atoms with Gasteiger partial charge in [0.1, 0.15) is 0 Å². The predicted molar refractivity (Wildman–Crippen MR) is 105 cm³/mol. The molecule has 1 aromatic heterocycles. The van der Waals surface area contributed by atoms with E-state index in [4.69, 9.17) is 16.6 Å². The van der Waals surface area contributed by atoms with Crippen molar-refractivity contribution in [3.05, 3.63) is 46.7 Å². The Kier molecular flexibility index (Phi) is 4.16. The molecule has 1 saturated heterocycles. The van der Waals surface area contributed by atoms with Gasteiger partial charge in [-0.25, -0.2) is 14.8 Å². The molecule has 7 heteroatoms. The number of fused-ring (bicyclic) bond motifs is 3. The van der Waals surface area contributed by atoms with Crippen LogP contribution >= 0.6 is 11.6 Å². The second-order valence-corrected chi connectivity index (χ2v) is 8.28. The summed E-state index contributed by atoms with van der Waals surface area (Å²) in [5.41, 5.74) is 3.07. The molecule has 1 aliphatic heterocycles. The van der Waals surface area contributed by atoms with Gasteiger partial charge in [-0.1, -0.05) is 17.7 Å². The molecule has 0 unspecified atom stereocenters. The summed E-state index contributed by atoms with van der Waals surface area (Å²) in [6.07, 6.45) is 5.52. The fourth-order valence-corrected chi connectivity index (χ4v) is 4.34. The van der Waals surface area contributed by atoms with E-state index in [0.29, 0.717) is 23.4 Å². The van der Waals surface area contributed by atoms with Crippen molar-refractivity contribution in [2.45, 2.75) is 25.2 Å². The molecule has 0 bridgehead atoms. The van der Waals surface area contributed by atoms with Crippen molar-refractivity contribution in [1.29, 1.82) is 0 Å². The molecular formula is C20H22ClN5O. The molecule has 2 amide bonds. The number of carbonyl (C=O) groups is 1. The Labute approximate surface area is 163 Å². The van der Waals surface area contributed by atoms with E-state index in [1.807, 2.05) is 23.2 Å².